The summed E-state index contributed by atoms with van der Waals surface area (Å²) >= 11 is 0. The Morgan fingerprint density at radius 3 is 2.67 bits per heavy atom. The van der Waals surface area contributed by atoms with Crippen molar-refractivity contribution in [1.29, 1.82) is 0 Å². The molecule has 2 nitrogen and oxygen atoms in total. The van der Waals surface area contributed by atoms with Crippen LogP contribution in [-0.4, -0.2) is 19.1 Å². The second-order valence-electron chi connectivity index (χ2n) is 5.31. The highest BCUT2D eigenvalue weighted by atomic mass is 14.9. The van der Waals surface area contributed by atoms with Gasteiger partial charge >= 0.3 is 0 Å². The fourth-order valence-corrected chi connectivity index (χ4v) is 2.61. The third-order valence-electron chi connectivity index (χ3n) is 3.77. The molecule has 15 heavy (non-hydrogen) atoms. The Balaban J connectivity index is 2.20. The van der Waals surface area contributed by atoms with Gasteiger partial charge in [0.25, 0.3) is 0 Å². The first-order chi connectivity index (χ1) is 7.24. The average molecular weight is 212 g/mol. The van der Waals surface area contributed by atoms with E-state index in [9.17, 15) is 0 Å². The summed E-state index contributed by atoms with van der Waals surface area (Å²) in [5.74, 6) is 1.83. The Bertz CT molecular complexity index is 157. The Hall–Kier alpha value is -0.0800. The van der Waals surface area contributed by atoms with Gasteiger partial charge in [-0.15, -0.1) is 0 Å². The second-order valence-corrected chi connectivity index (χ2v) is 5.31. The van der Waals surface area contributed by atoms with Crippen molar-refractivity contribution in [2.24, 2.45) is 17.6 Å². The molecule has 0 heterocycles. The first-order valence-electron chi connectivity index (χ1n) is 6.67. The number of hydrogen-bond acceptors (Lipinski definition) is 2. The van der Waals surface area contributed by atoms with E-state index in [0.29, 0.717) is 0 Å². The second kappa shape index (κ2) is 7.24. The van der Waals surface area contributed by atoms with Gasteiger partial charge in [-0.05, 0) is 50.6 Å². The molecule has 0 radical (unpaired) electrons. The summed E-state index contributed by atoms with van der Waals surface area (Å²) in [5.41, 5.74) is 5.50. The largest absolute Gasteiger partial charge is 0.330 e. The number of nitrogens with two attached hydrogens (primary N) is 1. The molecule has 0 saturated heterocycles. The van der Waals surface area contributed by atoms with Gasteiger partial charge in [-0.25, -0.2) is 0 Å². The van der Waals surface area contributed by atoms with E-state index in [1.54, 1.807) is 0 Å². The Morgan fingerprint density at radius 1 is 1.20 bits per heavy atom. The molecule has 2 atom stereocenters. The molecule has 0 spiro atoms. The molecule has 0 amide bonds. The molecule has 0 aromatic rings. The van der Waals surface area contributed by atoms with Gasteiger partial charge in [0.05, 0.1) is 0 Å². The number of hydrogen-bond donors (Lipinski definition) is 2. The van der Waals surface area contributed by atoms with Gasteiger partial charge in [0.15, 0.2) is 0 Å². The van der Waals surface area contributed by atoms with Crippen molar-refractivity contribution in [1.82, 2.24) is 5.32 Å². The van der Waals surface area contributed by atoms with Crippen LogP contribution >= 0.6 is 0 Å². The van der Waals surface area contributed by atoms with E-state index in [-0.39, 0.29) is 0 Å². The molecular formula is C13H28N2. The summed E-state index contributed by atoms with van der Waals surface area (Å²) in [6, 6.07) is 0.764. The zero-order chi connectivity index (χ0) is 11.1. The molecule has 0 aromatic heterocycles. The van der Waals surface area contributed by atoms with Crippen molar-refractivity contribution >= 4 is 0 Å². The van der Waals surface area contributed by atoms with Crippen LogP contribution in [0.2, 0.25) is 0 Å². The lowest BCUT2D eigenvalue weighted by molar-refractivity contribution is 0.338. The zero-order valence-electron chi connectivity index (χ0n) is 10.5. The topological polar surface area (TPSA) is 38.0 Å². The summed E-state index contributed by atoms with van der Waals surface area (Å²) in [4.78, 5) is 0. The third kappa shape index (κ3) is 4.98. The summed E-state index contributed by atoms with van der Waals surface area (Å²) in [6.45, 7) is 6.65. The van der Waals surface area contributed by atoms with Gasteiger partial charge < -0.3 is 11.1 Å². The molecule has 1 aliphatic rings. The first-order valence-corrected chi connectivity index (χ1v) is 6.67. The van der Waals surface area contributed by atoms with Crippen molar-refractivity contribution in [3.8, 4) is 0 Å². The molecule has 0 aliphatic heterocycles. The minimum absolute atomic E-state index is 0.764. The van der Waals surface area contributed by atoms with Crippen LogP contribution in [-0.2, 0) is 0 Å². The van der Waals surface area contributed by atoms with Gasteiger partial charge in [-0.2, -0.15) is 0 Å². The third-order valence-corrected chi connectivity index (χ3v) is 3.77. The van der Waals surface area contributed by atoms with E-state index in [1.807, 2.05) is 0 Å². The van der Waals surface area contributed by atoms with Crippen molar-refractivity contribution in [3.63, 3.8) is 0 Å². The van der Waals surface area contributed by atoms with Gasteiger partial charge in [0.1, 0.15) is 0 Å². The quantitative estimate of drug-likeness (QED) is 0.543. The summed E-state index contributed by atoms with van der Waals surface area (Å²) in [7, 11) is 0. The van der Waals surface area contributed by atoms with Crippen LogP contribution in [0.3, 0.4) is 0 Å². The van der Waals surface area contributed by atoms with E-state index >= 15 is 0 Å². The van der Waals surface area contributed by atoms with Crippen LogP contribution in [0.1, 0.15) is 52.4 Å². The predicted molar refractivity (Wildman–Crippen MR) is 66.9 cm³/mol. The van der Waals surface area contributed by atoms with Crippen molar-refractivity contribution < 1.29 is 0 Å². The molecule has 1 rings (SSSR count). The van der Waals surface area contributed by atoms with Gasteiger partial charge in [0, 0.05) is 6.04 Å². The average Bonchev–Trinajstić information content (AvgIpc) is 2.44. The van der Waals surface area contributed by atoms with E-state index in [0.717, 1.165) is 37.4 Å². The normalized spacial score (nSPS) is 28.0. The SMILES string of the molecule is CC(C)C1CCCC(NCCCN)CC1. The van der Waals surface area contributed by atoms with E-state index < -0.39 is 0 Å². The zero-order valence-corrected chi connectivity index (χ0v) is 10.5. The van der Waals surface area contributed by atoms with Crippen LogP contribution in [0.5, 0.6) is 0 Å². The summed E-state index contributed by atoms with van der Waals surface area (Å²) in [6.07, 6.45) is 8.11. The fourth-order valence-electron chi connectivity index (χ4n) is 2.61. The maximum atomic E-state index is 5.50. The lowest BCUT2D eigenvalue weighted by atomic mass is 9.89. The Morgan fingerprint density at radius 2 is 2.00 bits per heavy atom. The van der Waals surface area contributed by atoms with Crippen molar-refractivity contribution in [2.45, 2.75) is 58.4 Å². The molecule has 0 bridgehead atoms. The molecule has 90 valence electrons. The highest BCUT2D eigenvalue weighted by Gasteiger charge is 2.20. The van der Waals surface area contributed by atoms with E-state index in [2.05, 4.69) is 19.2 Å². The van der Waals surface area contributed by atoms with Crippen molar-refractivity contribution in [3.05, 3.63) is 0 Å². The summed E-state index contributed by atoms with van der Waals surface area (Å²) < 4.78 is 0. The first kappa shape index (κ1) is 13.0. The van der Waals surface area contributed by atoms with Crippen LogP contribution in [0.15, 0.2) is 0 Å². The lowest BCUT2D eigenvalue weighted by Crippen LogP contribution is -2.30. The van der Waals surface area contributed by atoms with Crippen LogP contribution in [0.25, 0.3) is 0 Å². The smallest absolute Gasteiger partial charge is 0.00671 e. The van der Waals surface area contributed by atoms with Gasteiger partial charge in [0.2, 0.25) is 0 Å². The maximum absolute atomic E-state index is 5.50. The molecule has 2 heteroatoms. The molecule has 1 saturated carbocycles. The summed E-state index contributed by atoms with van der Waals surface area (Å²) in [5, 5.41) is 3.64. The maximum Gasteiger partial charge on any atom is 0.00671 e. The lowest BCUT2D eigenvalue weighted by Gasteiger charge is -2.19. The molecular weight excluding hydrogens is 184 g/mol. The highest BCUT2D eigenvalue weighted by Crippen LogP contribution is 2.28. The number of rotatable bonds is 5. The van der Waals surface area contributed by atoms with Gasteiger partial charge in [-0.3, -0.25) is 0 Å². The van der Waals surface area contributed by atoms with Crippen molar-refractivity contribution in [2.75, 3.05) is 13.1 Å². The fraction of sp³-hybridized carbons (Fsp3) is 1.00. The monoisotopic (exact) mass is 212 g/mol. The number of nitrogens with one attached hydrogen (secondary N) is 1. The molecule has 2 unspecified atom stereocenters. The van der Waals surface area contributed by atoms with Crippen LogP contribution in [0.4, 0.5) is 0 Å². The molecule has 0 aromatic carbocycles. The van der Waals surface area contributed by atoms with E-state index in [4.69, 9.17) is 5.73 Å². The van der Waals surface area contributed by atoms with Crippen LogP contribution < -0.4 is 11.1 Å². The van der Waals surface area contributed by atoms with Crippen LogP contribution in [0, 0.1) is 11.8 Å². The minimum Gasteiger partial charge on any atom is -0.330 e. The standard InChI is InChI=1S/C13H28N2/c1-11(2)12-5-3-6-13(8-7-12)15-10-4-9-14/h11-13,15H,3-10,14H2,1-2H3. The van der Waals surface area contributed by atoms with E-state index in [1.165, 1.54) is 32.1 Å². The predicted octanol–water partition coefficient (Wildman–Crippen LogP) is 2.53. The van der Waals surface area contributed by atoms with Gasteiger partial charge in [-0.1, -0.05) is 26.7 Å². The molecule has 1 fully saturated rings. The molecule has 1 aliphatic carbocycles. The Labute approximate surface area is 95.0 Å². The highest BCUT2D eigenvalue weighted by molar-refractivity contribution is 4.76. The Kier molecular flexibility index (Phi) is 6.26. The minimum atomic E-state index is 0.764. The molecule has 3 N–H and O–H groups in total.